The smallest absolute Gasteiger partial charge is 0.254 e. The molecule has 1 N–H and O–H groups in total. The monoisotopic (exact) mass is 419 g/mol. The second-order valence-electron chi connectivity index (χ2n) is 8.57. The lowest BCUT2D eigenvalue weighted by Crippen LogP contribution is -2.54. The molecule has 6 heteroatoms. The van der Waals surface area contributed by atoms with E-state index < -0.39 is 6.04 Å². The van der Waals surface area contributed by atoms with Gasteiger partial charge in [0.15, 0.2) is 0 Å². The molecule has 2 aromatic carbocycles. The molecule has 31 heavy (non-hydrogen) atoms. The van der Waals surface area contributed by atoms with Gasteiger partial charge in [0.25, 0.3) is 5.91 Å². The highest BCUT2D eigenvalue weighted by atomic mass is 16.2. The molecular formula is C25H29N3O3. The van der Waals surface area contributed by atoms with Gasteiger partial charge in [-0.15, -0.1) is 0 Å². The zero-order chi connectivity index (χ0) is 22.0. The van der Waals surface area contributed by atoms with Gasteiger partial charge in [0, 0.05) is 44.2 Å². The second-order valence-corrected chi connectivity index (χ2v) is 8.57. The van der Waals surface area contributed by atoms with Crippen LogP contribution in [0.4, 0.5) is 5.69 Å². The fourth-order valence-corrected chi connectivity index (χ4v) is 4.49. The predicted molar refractivity (Wildman–Crippen MR) is 120 cm³/mol. The van der Waals surface area contributed by atoms with Crippen molar-refractivity contribution in [3.05, 3.63) is 64.7 Å². The molecule has 1 unspecified atom stereocenters. The highest BCUT2D eigenvalue weighted by molar-refractivity contribution is 5.98. The molecule has 0 bridgehead atoms. The largest absolute Gasteiger partial charge is 0.341 e. The van der Waals surface area contributed by atoms with Gasteiger partial charge in [-0.1, -0.05) is 23.8 Å². The number of carbonyl (C=O) groups is 3. The van der Waals surface area contributed by atoms with E-state index in [-0.39, 0.29) is 17.7 Å². The van der Waals surface area contributed by atoms with E-state index in [1.54, 1.807) is 4.90 Å². The number of hydrogen-bond donors (Lipinski definition) is 1. The average molecular weight is 420 g/mol. The fraction of sp³-hybridized carbons (Fsp3) is 0.400. The first-order chi connectivity index (χ1) is 14.9. The number of anilines is 1. The molecular weight excluding hydrogens is 390 g/mol. The molecule has 0 saturated carbocycles. The van der Waals surface area contributed by atoms with Gasteiger partial charge >= 0.3 is 0 Å². The summed E-state index contributed by atoms with van der Waals surface area (Å²) >= 11 is 0. The van der Waals surface area contributed by atoms with Crippen molar-refractivity contribution in [3.8, 4) is 0 Å². The number of fused-ring (bicyclic) bond motifs is 1. The lowest BCUT2D eigenvalue weighted by molar-refractivity contribution is -0.137. The molecule has 2 aromatic rings. The van der Waals surface area contributed by atoms with Crippen molar-refractivity contribution in [2.45, 2.75) is 52.1 Å². The van der Waals surface area contributed by atoms with Crippen molar-refractivity contribution in [2.24, 2.45) is 0 Å². The summed E-state index contributed by atoms with van der Waals surface area (Å²) in [7, 11) is 0. The molecule has 0 radical (unpaired) electrons. The highest BCUT2D eigenvalue weighted by Gasteiger charge is 2.37. The van der Waals surface area contributed by atoms with Crippen LogP contribution in [0, 0.1) is 6.92 Å². The maximum atomic E-state index is 13.5. The van der Waals surface area contributed by atoms with Crippen molar-refractivity contribution in [1.82, 2.24) is 9.80 Å². The van der Waals surface area contributed by atoms with E-state index in [0.29, 0.717) is 24.2 Å². The number of likely N-dealkylation sites (tertiary alicyclic amines) is 1. The van der Waals surface area contributed by atoms with Crippen LogP contribution in [0.15, 0.2) is 42.5 Å². The minimum Gasteiger partial charge on any atom is -0.341 e. The molecule has 1 atom stereocenters. The van der Waals surface area contributed by atoms with E-state index in [4.69, 9.17) is 0 Å². The Balaban J connectivity index is 1.67. The number of nitrogens with one attached hydrogen (secondary N) is 1. The fourth-order valence-electron chi connectivity index (χ4n) is 4.49. The van der Waals surface area contributed by atoms with Gasteiger partial charge in [-0.2, -0.15) is 0 Å². The molecule has 0 spiro atoms. The number of amides is 3. The van der Waals surface area contributed by atoms with Crippen LogP contribution in [0.5, 0.6) is 0 Å². The van der Waals surface area contributed by atoms with E-state index in [1.165, 1.54) is 6.92 Å². The first kappa shape index (κ1) is 21.1. The Morgan fingerprint density at radius 2 is 1.65 bits per heavy atom. The standard InChI is InChI=1S/C25H29N3O3/c1-17-6-8-19(9-7-17)24(30)28-16-21-14-22(26-18(2)29)11-10-20(21)15-23(28)25(31)27-12-4-3-5-13-27/h6-11,14,23H,3-5,12-13,15-16H2,1-2H3,(H,26,29). The Bertz CT molecular complexity index is 994. The number of piperidine rings is 1. The molecule has 0 aliphatic carbocycles. The maximum Gasteiger partial charge on any atom is 0.254 e. The number of hydrogen-bond acceptors (Lipinski definition) is 3. The second kappa shape index (κ2) is 8.92. The molecule has 1 fully saturated rings. The summed E-state index contributed by atoms with van der Waals surface area (Å²) in [6.07, 6.45) is 3.67. The topological polar surface area (TPSA) is 69.7 Å². The zero-order valence-electron chi connectivity index (χ0n) is 18.2. The Hall–Kier alpha value is -3.15. The van der Waals surface area contributed by atoms with Crippen LogP contribution < -0.4 is 5.32 Å². The minimum absolute atomic E-state index is 0.0387. The molecule has 6 nitrogen and oxygen atoms in total. The van der Waals surface area contributed by atoms with E-state index in [0.717, 1.165) is 49.0 Å². The van der Waals surface area contributed by atoms with Gasteiger partial charge in [-0.3, -0.25) is 14.4 Å². The first-order valence-corrected chi connectivity index (χ1v) is 11.0. The van der Waals surface area contributed by atoms with Crippen LogP contribution in [-0.4, -0.2) is 46.7 Å². The summed E-state index contributed by atoms with van der Waals surface area (Å²) in [5.41, 5.74) is 4.39. The molecule has 4 rings (SSSR count). The highest BCUT2D eigenvalue weighted by Crippen LogP contribution is 2.29. The Kier molecular flexibility index (Phi) is 6.07. The van der Waals surface area contributed by atoms with E-state index >= 15 is 0 Å². The lowest BCUT2D eigenvalue weighted by Gasteiger charge is -2.39. The number of benzene rings is 2. The van der Waals surface area contributed by atoms with Crippen LogP contribution in [0.3, 0.4) is 0 Å². The Labute approximate surface area is 183 Å². The van der Waals surface area contributed by atoms with Gasteiger partial charge in [0.1, 0.15) is 6.04 Å². The van der Waals surface area contributed by atoms with Gasteiger partial charge in [-0.05, 0) is 61.6 Å². The summed E-state index contributed by atoms with van der Waals surface area (Å²) in [5.74, 6) is -0.232. The summed E-state index contributed by atoms with van der Waals surface area (Å²) in [6.45, 7) is 5.32. The van der Waals surface area contributed by atoms with Gasteiger partial charge < -0.3 is 15.1 Å². The third kappa shape index (κ3) is 4.63. The summed E-state index contributed by atoms with van der Waals surface area (Å²) in [4.78, 5) is 42.0. The third-order valence-corrected chi connectivity index (χ3v) is 6.17. The van der Waals surface area contributed by atoms with Crippen molar-refractivity contribution < 1.29 is 14.4 Å². The average Bonchev–Trinajstić information content (AvgIpc) is 2.78. The zero-order valence-corrected chi connectivity index (χ0v) is 18.2. The van der Waals surface area contributed by atoms with Crippen LogP contribution >= 0.6 is 0 Å². The minimum atomic E-state index is -0.508. The number of carbonyl (C=O) groups excluding carboxylic acids is 3. The maximum absolute atomic E-state index is 13.5. The van der Waals surface area contributed by atoms with E-state index in [2.05, 4.69) is 5.32 Å². The van der Waals surface area contributed by atoms with Crippen LogP contribution in [-0.2, 0) is 22.6 Å². The Morgan fingerprint density at radius 3 is 2.32 bits per heavy atom. The first-order valence-electron chi connectivity index (χ1n) is 11.0. The van der Waals surface area contributed by atoms with Crippen molar-refractivity contribution >= 4 is 23.4 Å². The van der Waals surface area contributed by atoms with Crippen LogP contribution in [0.1, 0.15) is 53.2 Å². The molecule has 2 aliphatic rings. The molecule has 3 amide bonds. The predicted octanol–water partition coefficient (Wildman–Crippen LogP) is 3.53. The Morgan fingerprint density at radius 1 is 0.935 bits per heavy atom. The number of aryl methyl sites for hydroxylation is 1. The molecule has 2 heterocycles. The number of nitrogens with zero attached hydrogens (tertiary/aromatic N) is 2. The molecule has 1 saturated heterocycles. The van der Waals surface area contributed by atoms with Crippen molar-refractivity contribution in [1.29, 1.82) is 0 Å². The van der Waals surface area contributed by atoms with Gasteiger partial charge in [0.2, 0.25) is 11.8 Å². The van der Waals surface area contributed by atoms with Crippen molar-refractivity contribution in [2.75, 3.05) is 18.4 Å². The molecule has 162 valence electrons. The quantitative estimate of drug-likeness (QED) is 0.827. The normalized spacial score (nSPS) is 18.3. The van der Waals surface area contributed by atoms with E-state index in [9.17, 15) is 14.4 Å². The summed E-state index contributed by atoms with van der Waals surface area (Å²) < 4.78 is 0. The van der Waals surface area contributed by atoms with Gasteiger partial charge in [-0.25, -0.2) is 0 Å². The van der Waals surface area contributed by atoms with E-state index in [1.807, 2.05) is 54.3 Å². The summed E-state index contributed by atoms with van der Waals surface area (Å²) in [5, 5.41) is 2.81. The van der Waals surface area contributed by atoms with Crippen LogP contribution in [0.2, 0.25) is 0 Å². The SMILES string of the molecule is CC(=O)Nc1ccc2c(c1)CN(C(=O)c1ccc(C)cc1)C(C(=O)N1CCCCC1)C2. The van der Waals surface area contributed by atoms with Crippen molar-refractivity contribution in [3.63, 3.8) is 0 Å². The lowest BCUT2D eigenvalue weighted by atomic mass is 9.91. The van der Waals surface area contributed by atoms with Crippen LogP contribution in [0.25, 0.3) is 0 Å². The summed E-state index contributed by atoms with van der Waals surface area (Å²) in [6, 6.07) is 12.7. The van der Waals surface area contributed by atoms with Gasteiger partial charge in [0.05, 0.1) is 0 Å². The molecule has 0 aromatic heterocycles. The third-order valence-electron chi connectivity index (χ3n) is 6.17. The number of rotatable bonds is 3. The molecule has 2 aliphatic heterocycles.